The van der Waals surface area contributed by atoms with Gasteiger partial charge >= 0.3 is 0 Å². The highest BCUT2D eigenvalue weighted by molar-refractivity contribution is 9.10. The van der Waals surface area contributed by atoms with Gasteiger partial charge < -0.3 is 15.4 Å². The number of rotatable bonds is 5. The standard InChI is InChI=1S/C14H16BrN3O/c1-3-17-11-7-12(9-16-8-11)18-13-6-10(15)4-5-14(13)19-2/h4-9,17-18H,3H2,1-2H3. The van der Waals surface area contributed by atoms with Crippen LogP contribution in [0.2, 0.25) is 0 Å². The van der Waals surface area contributed by atoms with E-state index >= 15 is 0 Å². The Morgan fingerprint density at radius 3 is 2.74 bits per heavy atom. The minimum Gasteiger partial charge on any atom is -0.495 e. The van der Waals surface area contributed by atoms with Crippen LogP contribution in [0, 0.1) is 0 Å². The largest absolute Gasteiger partial charge is 0.495 e. The first-order chi connectivity index (χ1) is 9.22. The number of nitrogens with zero attached hydrogens (tertiary/aromatic N) is 1. The van der Waals surface area contributed by atoms with Crippen LogP contribution in [0.1, 0.15) is 6.92 Å². The summed E-state index contributed by atoms with van der Waals surface area (Å²) >= 11 is 3.45. The van der Waals surface area contributed by atoms with E-state index in [0.717, 1.165) is 33.8 Å². The lowest BCUT2D eigenvalue weighted by Crippen LogP contribution is -1.99. The Bertz CT molecular complexity index is 560. The van der Waals surface area contributed by atoms with E-state index in [1.165, 1.54) is 0 Å². The second kappa shape index (κ2) is 6.43. The average Bonchev–Trinajstić information content (AvgIpc) is 2.40. The third-order valence-corrected chi connectivity index (χ3v) is 3.05. The van der Waals surface area contributed by atoms with Crippen LogP contribution in [-0.2, 0) is 0 Å². The summed E-state index contributed by atoms with van der Waals surface area (Å²) in [5.74, 6) is 0.789. The Balaban J connectivity index is 2.25. The fourth-order valence-electron chi connectivity index (χ4n) is 1.74. The molecule has 19 heavy (non-hydrogen) atoms. The Hall–Kier alpha value is -1.75. The van der Waals surface area contributed by atoms with E-state index < -0.39 is 0 Å². The van der Waals surface area contributed by atoms with Gasteiger partial charge in [-0.2, -0.15) is 0 Å². The van der Waals surface area contributed by atoms with Crippen molar-refractivity contribution in [3.8, 4) is 5.75 Å². The molecule has 1 aromatic carbocycles. The zero-order valence-corrected chi connectivity index (χ0v) is 12.5. The topological polar surface area (TPSA) is 46.2 Å². The van der Waals surface area contributed by atoms with Crippen LogP contribution in [-0.4, -0.2) is 18.6 Å². The predicted molar refractivity (Wildman–Crippen MR) is 82.4 cm³/mol. The molecular formula is C14H16BrN3O. The molecule has 0 bridgehead atoms. The molecule has 0 fully saturated rings. The van der Waals surface area contributed by atoms with Crippen molar-refractivity contribution in [2.45, 2.75) is 6.92 Å². The van der Waals surface area contributed by atoms with Crippen LogP contribution in [0.4, 0.5) is 17.1 Å². The molecule has 0 radical (unpaired) electrons. The van der Waals surface area contributed by atoms with E-state index in [4.69, 9.17) is 4.74 Å². The maximum Gasteiger partial charge on any atom is 0.142 e. The highest BCUT2D eigenvalue weighted by Crippen LogP contribution is 2.30. The number of nitrogens with one attached hydrogen (secondary N) is 2. The summed E-state index contributed by atoms with van der Waals surface area (Å²) in [5, 5.41) is 6.54. The van der Waals surface area contributed by atoms with E-state index in [1.807, 2.05) is 24.3 Å². The highest BCUT2D eigenvalue weighted by atomic mass is 79.9. The molecule has 0 unspecified atom stereocenters. The molecule has 0 aliphatic heterocycles. The summed E-state index contributed by atoms with van der Waals surface area (Å²) in [7, 11) is 1.65. The van der Waals surface area contributed by atoms with Gasteiger partial charge in [0.05, 0.1) is 36.6 Å². The van der Waals surface area contributed by atoms with Gasteiger partial charge in [-0.1, -0.05) is 15.9 Å². The van der Waals surface area contributed by atoms with Crippen molar-refractivity contribution < 1.29 is 4.74 Å². The zero-order valence-electron chi connectivity index (χ0n) is 10.9. The summed E-state index contributed by atoms with van der Waals surface area (Å²) in [4.78, 5) is 4.20. The van der Waals surface area contributed by atoms with Crippen molar-refractivity contribution in [1.29, 1.82) is 0 Å². The number of benzene rings is 1. The number of hydrogen-bond acceptors (Lipinski definition) is 4. The molecule has 2 N–H and O–H groups in total. The van der Waals surface area contributed by atoms with Gasteiger partial charge in [0, 0.05) is 11.0 Å². The van der Waals surface area contributed by atoms with Crippen LogP contribution in [0.5, 0.6) is 5.75 Å². The van der Waals surface area contributed by atoms with E-state index in [0.29, 0.717) is 0 Å². The van der Waals surface area contributed by atoms with Gasteiger partial charge in [-0.3, -0.25) is 4.98 Å². The number of methoxy groups -OCH3 is 1. The maximum absolute atomic E-state index is 5.33. The Morgan fingerprint density at radius 2 is 2.00 bits per heavy atom. The highest BCUT2D eigenvalue weighted by Gasteiger charge is 2.04. The zero-order chi connectivity index (χ0) is 13.7. The lowest BCUT2D eigenvalue weighted by molar-refractivity contribution is 0.417. The fourth-order valence-corrected chi connectivity index (χ4v) is 2.10. The Morgan fingerprint density at radius 1 is 1.21 bits per heavy atom. The van der Waals surface area contributed by atoms with E-state index in [-0.39, 0.29) is 0 Å². The van der Waals surface area contributed by atoms with E-state index in [9.17, 15) is 0 Å². The molecule has 0 saturated carbocycles. The summed E-state index contributed by atoms with van der Waals surface area (Å²) in [6, 6.07) is 7.83. The summed E-state index contributed by atoms with van der Waals surface area (Å²) < 4.78 is 6.32. The number of halogens is 1. The number of anilines is 3. The molecule has 2 aromatic rings. The van der Waals surface area contributed by atoms with Gasteiger partial charge in [-0.15, -0.1) is 0 Å². The second-order valence-electron chi connectivity index (χ2n) is 3.96. The molecule has 5 heteroatoms. The van der Waals surface area contributed by atoms with Gasteiger partial charge in [0.15, 0.2) is 0 Å². The van der Waals surface area contributed by atoms with Gasteiger partial charge in [0.25, 0.3) is 0 Å². The molecule has 1 aromatic heterocycles. The smallest absolute Gasteiger partial charge is 0.142 e. The quantitative estimate of drug-likeness (QED) is 0.872. The second-order valence-corrected chi connectivity index (χ2v) is 4.88. The molecule has 0 aliphatic carbocycles. The molecular weight excluding hydrogens is 306 g/mol. The molecule has 0 saturated heterocycles. The third-order valence-electron chi connectivity index (χ3n) is 2.56. The first-order valence-electron chi connectivity index (χ1n) is 6.02. The third kappa shape index (κ3) is 3.61. The van der Waals surface area contributed by atoms with Crippen molar-refractivity contribution in [3.63, 3.8) is 0 Å². The number of hydrogen-bond donors (Lipinski definition) is 2. The average molecular weight is 322 g/mol. The van der Waals surface area contributed by atoms with Crippen LogP contribution in [0.3, 0.4) is 0 Å². The van der Waals surface area contributed by atoms with E-state index in [2.05, 4.69) is 38.5 Å². The first kappa shape index (κ1) is 13.7. The van der Waals surface area contributed by atoms with Gasteiger partial charge in [-0.25, -0.2) is 0 Å². The normalized spacial score (nSPS) is 10.1. The first-order valence-corrected chi connectivity index (χ1v) is 6.81. The molecule has 0 atom stereocenters. The van der Waals surface area contributed by atoms with Crippen molar-refractivity contribution in [2.24, 2.45) is 0 Å². The number of ether oxygens (including phenoxy) is 1. The molecule has 100 valence electrons. The van der Waals surface area contributed by atoms with Gasteiger partial charge in [0.1, 0.15) is 5.75 Å². The van der Waals surface area contributed by atoms with Crippen LogP contribution >= 0.6 is 15.9 Å². The lowest BCUT2D eigenvalue weighted by atomic mass is 10.2. The number of pyridine rings is 1. The van der Waals surface area contributed by atoms with Crippen molar-refractivity contribution >= 4 is 33.0 Å². The van der Waals surface area contributed by atoms with Crippen LogP contribution in [0.25, 0.3) is 0 Å². The SMILES string of the molecule is CCNc1cncc(Nc2cc(Br)ccc2OC)c1. The monoisotopic (exact) mass is 321 g/mol. The number of aromatic nitrogens is 1. The lowest BCUT2D eigenvalue weighted by Gasteiger charge is -2.12. The predicted octanol–water partition coefficient (Wildman–Crippen LogP) is 4.03. The van der Waals surface area contributed by atoms with Gasteiger partial charge in [0.2, 0.25) is 0 Å². The van der Waals surface area contributed by atoms with Crippen molar-refractivity contribution in [3.05, 3.63) is 41.1 Å². The molecule has 1 heterocycles. The van der Waals surface area contributed by atoms with Crippen LogP contribution < -0.4 is 15.4 Å². The molecule has 0 spiro atoms. The van der Waals surface area contributed by atoms with Crippen molar-refractivity contribution in [1.82, 2.24) is 4.98 Å². The maximum atomic E-state index is 5.33. The minimum absolute atomic E-state index is 0.789. The summed E-state index contributed by atoms with van der Waals surface area (Å²) in [5.41, 5.74) is 2.80. The Labute approximate surface area is 121 Å². The van der Waals surface area contributed by atoms with Crippen molar-refractivity contribution in [2.75, 3.05) is 24.3 Å². The summed E-state index contributed by atoms with van der Waals surface area (Å²) in [6.45, 7) is 2.92. The summed E-state index contributed by atoms with van der Waals surface area (Å²) in [6.07, 6.45) is 3.58. The Kier molecular flexibility index (Phi) is 4.63. The molecule has 0 amide bonds. The fraction of sp³-hybridized carbons (Fsp3) is 0.214. The van der Waals surface area contributed by atoms with E-state index in [1.54, 1.807) is 19.5 Å². The minimum atomic E-state index is 0.789. The molecule has 2 rings (SSSR count). The van der Waals surface area contributed by atoms with Gasteiger partial charge in [-0.05, 0) is 31.2 Å². The molecule has 0 aliphatic rings. The van der Waals surface area contributed by atoms with Crippen LogP contribution in [0.15, 0.2) is 41.1 Å². The molecule has 4 nitrogen and oxygen atoms in total.